The fraction of sp³-hybridized carbons (Fsp3) is 0.750. The van der Waals surface area contributed by atoms with Crippen LogP contribution in [0.15, 0.2) is 23.2 Å². The van der Waals surface area contributed by atoms with Gasteiger partial charge >= 0.3 is 0 Å². The number of thiazole rings is 1. The van der Waals surface area contributed by atoms with E-state index >= 15 is 0 Å². The molecule has 2 bridgehead atoms. The normalized spacial score (nSPS) is 29.2. The van der Waals surface area contributed by atoms with Crippen molar-refractivity contribution in [1.82, 2.24) is 9.88 Å². The Bertz CT molecular complexity index is 623. The molecule has 0 aromatic carbocycles. The zero-order valence-electron chi connectivity index (χ0n) is 15.9. The summed E-state index contributed by atoms with van der Waals surface area (Å²) >= 11 is 1.69. The SMILES string of the molecule is CC1(C)[C@@H]2CC=C(COC[C@H](O)CN3CCN(c4nccs4)CC3)[C@H]1C2. The average Bonchev–Trinajstić information content (AvgIpc) is 3.17. The van der Waals surface area contributed by atoms with Gasteiger partial charge in [0.15, 0.2) is 5.13 Å². The van der Waals surface area contributed by atoms with E-state index in [1.54, 1.807) is 11.3 Å². The van der Waals surface area contributed by atoms with E-state index in [0.29, 0.717) is 31.1 Å². The van der Waals surface area contributed by atoms with Gasteiger partial charge in [-0.3, -0.25) is 4.90 Å². The van der Waals surface area contributed by atoms with Gasteiger partial charge in [-0.2, -0.15) is 0 Å². The van der Waals surface area contributed by atoms with Gasteiger partial charge in [0.1, 0.15) is 0 Å². The molecule has 1 aromatic rings. The van der Waals surface area contributed by atoms with Crippen LogP contribution in [0.2, 0.25) is 0 Å². The van der Waals surface area contributed by atoms with Crippen LogP contribution in [-0.4, -0.2) is 67.0 Å². The maximum absolute atomic E-state index is 10.3. The predicted octanol–water partition coefficient (Wildman–Crippen LogP) is 2.64. The Morgan fingerprint density at radius 2 is 2.15 bits per heavy atom. The molecule has 3 aliphatic carbocycles. The quantitative estimate of drug-likeness (QED) is 0.740. The summed E-state index contributed by atoms with van der Waals surface area (Å²) in [5, 5.41) is 13.5. The third kappa shape index (κ3) is 3.70. The first-order valence-electron chi connectivity index (χ1n) is 9.85. The molecule has 144 valence electrons. The number of hydrogen-bond donors (Lipinski definition) is 1. The van der Waals surface area contributed by atoms with Crippen molar-refractivity contribution in [2.75, 3.05) is 50.8 Å². The van der Waals surface area contributed by atoms with Crippen LogP contribution in [0.3, 0.4) is 0 Å². The number of nitrogens with zero attached hydrogens (tertiary/aromatic N) is 3. The lowest BCUT2D eigenvalue weighted by molar-refractivity contribution is -0.0262. The number of hydrogen-bond acceptors (Lipinski definition) is 6. The second kappa shape index (κ2) is 7.58. The largest absolute Gasteiger partial charge is 0.389 e. The molecule has 3 atom stereocenters. The van der Waals surface area contributed by atoms with E-state index in [1.807, 2.05) is 11.6 Å². The molecular formula is C20H31N3O2S. The predicted molar refractivity (Wildman–Crippen MR) is 106 cm³/mol. The fourth-order valence-electron chi connectivity index (χ4n) is 4.80. The molecule has 0 spiro atoms. The van der Waals surface area contributed by atoms with E-state index in [-0.39, 0.29) is 0 Å². The van der Waals surface area contributed by atoms with E-state index in [4.69, 9.17) is 4.74 Å². The molecule has 5 rings (SSSR count). The monoisotopic (exact) mass is 377 g/mol. The van der Waals surface area contributed by atoms with Gasteiger partial charge in [-0.25, -0.2) is 4.98 Å². The van der Waals surface area contributed by atoms with Crippen molar-refractivity contribution >= 4 is 16.5 Å². The number of allylic oxidation sites excluding steroid dienone is 1. The number of aliphatic hydroxyl groups excluding tert-OH is 1. The Balaban J connectivity index is 1.15. The summed E-state index contributed by atoms with van der Waals surface area (Å²) in [4.78, 5) is 9.04. The zero-order valence-corrected chi connectivity index (χ0v) is 16.7. The molecule has 1 saturated carbocycles. The molecule has 1 aliphatic heterocycles. The summed E-state index contributed by atoms with van der Waals surface area (Å²) in [5.41, 5.74) is 1.91. The maximum Gasteiger partial charge on any atom is 0.185 e. The molecule has 1 aromatic heterocycles. The van der Waals surface area contributed by atoms with Crippen LogP contribution < -0.4 is 4.90 Å². The van der Waals surface area contributed by atoms with E-state index < -0.39 is 6.10 Å². The maximum atomic E-state index is 10.3. The lowest BCUT2D eigenvalue weighted by Gasteiger charge is -2.56. The van der Waals surface area contributed by atoms with Crippen molar-refractivity contribution in [3.8, 4) is 0 Å². The lowest BCUT2D eigenvalue weighted by atomic mass is 9.49. The van der Waals surface area contributed by atoms with Crippen molar-refractivity contribution < 1.29 is 9.84 Å². The van der Waals surface area contributed by atoms with Crippen LogP contribution >= 0.6 is 11.3 Å². The molecule has 4 aliphatic rings. The van der Waals surface area contributed by atoms with Gasteiger partial charge in [0.2, 0.25) is 0 Å². The fourth-order valence-corrected chi connectivity index (χ4v) is 5.49. The molecule has 5 nitrogen and oxygen atoms in total. The summed E-state index contributed by atoms with van der Waals surface area (Å²) in [7, 11) is 0. The molecular weight excluding hydrogens is 346 g/mol. The molecule has 26 heavy (non-hydrogen) atoms. The number of aromatic nitrogens is 1. The van der Waals surface area contributed by atoms with Crippen molar-refractivity contribution in [2.45, 2.75) is 32.8 Å². The number of aliphatic hydroxyl groups is 1. The molecule has 6 heteroatoms. The van der Waals surface area contributed by atoms with Crippen molar-refractivity contribution in [1.29, 1.82) is 0 Å². The summed E-state index contributed by atoms with van der Waals surface area (Å²) in [6.45, 7) is 10.5. The smallest absolute Gasteiger partial charge is 0.185 e. The van der Waals surface area contributed by atoms with E-state index in [0.717, 1.165) is 37.2 Å². The summed E-state index contributed by atoms with van der Waals surface area (Å²) in [6.07, 6.45) is 6.36. The highest BCUT2D eigenvalue weighted by Gasteiger charge is 2.50. The van der Waals surface area contributed by atoms with Crippen LogP contribution in [0.25, 0.3) is 0 Å². The van der Waals surface area contributed by atoms with E-state index in [9.17, 15) is 5.11 Å². The van der Waals surface area contributed by atoms with Crippen molar-refractivity contribution in [3.05, 3.63) is 23.2 Å². The summed E-state index contributed by atoms with van der Waals surface area (Å²) in [6, 6.07) is 0. The van der Waals surface area contributed by atoms with Gasteiger partial charge in [0.25, 0.3) is 0 Å². The third-order valence-corrected chi connectivity index (χ3v) is 7.52. The molecule has 0 unspecified atom stereocenters. The molecule has 2 heterocycles. The lowest BCUT2D eigenvalue weighted by Crippen LogP contribution is -2.49. The van der Waals surface area contributed by atoms with Gasteiger partial charge in [-0.15, -0.1) is 11.3 Å². The Morgan fingerprint density at radius 1 is 1.35 bits per heavy atom. The van der Waals surface area contributed by atoms with Crippen molar-refractivity contribution in [3.63, 3.8) is 0 Å². The first-order valence-corrected chi connectivity index (χ1v) is 10.7. The number of anilines is 1. The standard InChI is InChI=1S/C20H31N3O2S/c1-20(2)16-4-3-15(18(20)11-16)13-25-14-17(24)12-22-6-8-23(9-7-22)19-21-5-10-26-19/h3,5,10,16-18,24H,4,6-9,11-14H2,1-2H3/t16-,17-,18-/m1/s1. The average molecular weight is 378 g/mol. The van der Waals surface area contributed by atoms with Crippen molar-refractivity contribution in [2.24, 2.45) is 17.3 Å². The van der Waals surface area contributed by atoms with E-state index in [1.165, 1.54) is 18.4 Å². The second-order valence-electron chi connectivity index (χ2n) is 8.59. The third-order valence-electron chi connectivity index (χ3n) is 6.69. The van der Waals surface area contributed by atoms with Crippen LogP contribution in [0.5, 0.6) is 0 Å². The number of ether oxygens (including phenoxy) is 1. The highest BCUT2D eigenvalue weighted by Crippen LogP contribution is 2.59. The molecule has 0 radical (unpaired) electrons. The number of fused-ring (bicyclic) bond motifs is 1. The van der Waals surface area contributed by atoms with Gasteiger partial charge in [0.05, 0.1) is 19.3 Å². The van der Waals surface area contributed by atoms with Crippen LogP contribution in [0.1, 0.15) is 26.7 Å². The van der Waals surface area contributed by atoms with Gasteiger partial charge < -0.3 is 14.7 Å². The Hall–Kier alpha value is -0.950. The first kappa shape index (κ1) is 18.4. The molecule has 1 N–H and O–H groups in total. The first-order chi connectivity index (χ1) is 12.5. The number of β-amino-alcohol motifs (C(OH)–C–C–N with tert-alkyl or cyclic N) is 1. The van der Waals surface area contributed by atoms with Gasteiger partial charge in [-0.1, -0.05) is 19.9 Å². The molecule has 0 amide bonds. The number of rotatable bonds is 7. The molecule has 1 saturated heterocycles. The van der Waals surface area contributed by atoms with E-state index in [2.05, 4.69) is 34.7 Å². The highest BCUT2D eigenvalue weighted by atomic mass is 32.1. The summed E-state index contributed by atoms with van der Waals surface area (Å²) < 4.78 is 5.88. The minimum Gasteiger partial charge on any atom is -0.389 e. The molecule has 2 fully saturated rings. The topological polar surface area (TPSA) is 48.8 Å². The van der Waals surface area contributed by atoms with Crippen LogP contribution in [-0.2, 0) is 4.74 Å². The highest BCUT2D eigenvalue weighted by molar-refractivity contribution is 7.13. The Kier molecular flexibility index (Phi) is 5.37. The second-order valence-corrected chi connectivity index (χ2v) is 9.47. The minimum atomic E-state index is -0.409. The zero-order chi connectivity index (χ0) is 18.1. The van der Waals surface area contributed by atoms with Gasteiger partial charge in [-0.05, 0) is 35.7 Å². The number of piperazine rings is 1. The van der Waals surface area contributed by atoms with Crippen LogP contribution in [0.4, 0.5) is 5.13 Å². The van der Waals surface area contributed by atoms with Gasteiger partial charge in [0, 0.05) is 44.3 Å². The summed E-state index contributed by atoms with van der Waals surface area (Å²) in [5.74, 6) is 1.56. The Morgan fingerprint density at radius 3 is 2.81 bits per heavy atom. The minimum absolute atomic E-state index is 0.409. The Labute approximate surface area is 160 Å². The van der Waals surface area contributed by atoms with Crippen LogP contribution in [0, 0.1) is 17.3 Å².